The fraction of sp³-hybridized carbons (Fsp3) is 0.391. The van der Waals surface area contributed by atoms with Gasteiger partial charge in [0, 0.05) is 16.5 Å². The first-order chi connectivity index (χ1) is 14.9. The number of nitrogens with zero attached hydrogens (tertiary/aromatic N) is 3. The third-order valence-corrected chi connectivity index (χ3v) is 6.99. The summed E-state index contributed by atoms with van der Waals surface area (Å²) in [5.74, 6) is -0.115. The Labute approximate surface area is 198 Å². The number of hydrazone groups is 1. The maximum Gasteiger partial charge on any atom is 0.312 e. The SMILES string of the molecule is CC[N+]1(NC(=O)C2=NN(c3ccc(Cl)cc3Cl)[C@H](c3ccc(Cl)cc3)C2)CCCCC1. The van der Waals surface area contributed by atoms with Crippen molar-refractivity contribution in [3.63, 3.8) is 0 Å². The van der Waals surface area contributed by atoms with Gasteiger partial charge < -0.3 is 0 Å². The van der Waals surface area contributed by atoms with Gasteiger partial charge in [0.2, 0.25) is 0 Å². The minimum Gasteiger partial charge on any atom is -0.263 e. The lowest BCUT2D eigenvalue weighted by Crippen LogP contribution is -2.63. The van der Waals surface area contributed by atoms with Crippen LogP contribution >= 0.6 is 34.8 Å². The molecule has 1 N–H and O–H groups in total. The van der Waals surface area contributed by atoms with Crippen LogP contribution in [0.25, 0.3) is 0 Å². The molecule has 0 aromatic heterocycles. The zero-order chi connectivity index (χ0) is 22.0. The number of piperidine rings is 1. The van der Waals surface area contributed by atoms with Gasteiger partial charge in [-0.3, -0.25) is 9.80 Å². The van der Waals surface area contributed by atoms with Gasteiger partial charge >= 0.3 is 5.91 Å². The number of amides is 1. The number of quaternary nitrogens is 1. The smallest absolute Gasteiger partial charge is 0.263 e. The van der Waals surface area contributed by atoms with Gasteiger partial charge in [0.25, 0.3) is 0 Å². The second-order valence-corrected chi connectivity index (χ2v) is 9.45. The van der Waals surface area contributed by atoms with Gasteiger partial charge in [-0.05, 0) is 62.1 Å². The van der Waals surface area contributed by atoms with Crippen LogP contribution in [-0.2, 0) is 4.79 Å². The van der Waals surface area contributed by atoms with Crippen molar-refractivity contribution >= 4 is 52.1 Å². The number of carbonyl (C=O) groups is 1. The number of likely N-dealkylation sites (tertiary alicyclic amines) is 1. The molecule has 4 rings (SSSR count). The predicted molar refractivity (Wildman–Crippen MR) is 128 cm³/mol. The van der Waals surface area contributed by atoms with E-state index in [4.69, 9.17) is 39.9 Å². The van der Waals surface area contributed by atoms with Gasteiger partial charge in [0.05, 0.1) is 23.3 Å². The summed E-state index contributed by atoms with van der Waals surface area (Å²) in [7, 11) is 0. The van der Waals surface area contributed by atoms with Crippen LogP contribution in [0.4, 0.5) is 5.69 Å². The van der Waals surface area contributed by atoms with E-state index in [2.05, 4.69) is 12.3 Å². The number of rotatable bonds is 5. The van der Waals surface area contributed by atoms with Crippen molar-refractivity contribution in [3.05, 3.63) is 63.1 Å². The van der Waals surface area contributed by atoms with E-state index in [1.807, 2.05) is 35.3 Å². The maximum atomic E-state index is 13.3. The highest BCUT2D eigenvalue weighted by Gasteiger charge is 2.37. The molecule has 1 amide bonds. The first-order valence-electron chi connectivity index (χ1n) is 10.7. The molecule has 0 saturated carbocycles. The average molecular weight is 481 g/mol. The molecule has 8 heteroatoms. The highest BCUT2D eigenvalue weighted by atomic mass is 35.5. The van der Waals surface area contributed by atoms with Gasteiger partial charge in [0.1, 0.15) is 18.8 Å². The molecule has 0 unspecified atom stereocenters. The van der Waals surface area contributed by atoms with E-state index in [1.54, 1.807) is 12.1 Å². The molecule has 0 radical (unpaired) electrons. The van der Waals surface area contributed by atoms with Crippen molar-refractivity contribution in [2.75, 3.05) is 24.6 Å². The monoisotopic (exact) mass is 479 g/mol. The van der Waals surface area contributed by atoms with Crippen LogP contribution < -0.4 is 10.4 Å². The molecule has 1 saturated heterocycles. The molecule has 1 fully saturated rings. The van der Waals surface area contributed by atoms with E-state index in [1.165, 1.54) is 6.42 Å². The van der Waals surface area contributed by atoms with Crippen LogP contribution in [0.3, 0.4) is 0 Å². The van der Waals surface area contributed by atoms with Crippen LogP contribution in [0.5, 0.6) is 0 Å². The predicted octanol–water partition coefficient (Wildman–Crippen LogP) is 6.01. The Morgan fingerprint density at radius 1 is 1.06 bits per heavy atom. The Kier molecular flexibility index (Phi) is 6.77. The molecule has 0 bridgehead atoms. The second-order valence-electron chi connectivity index (χ2n) is 8.17. The van der Waals surface area contributed by atoms with E-state index in [0.717, 1.165) is 38.0 Å². The summed E-state index contributed by atoms with van der Waals surface area (Å²) in [4.78, 5) is 13.3. The van der Waals surface area contributed by atoms with Crippen molar-refractivity contribution < 1.29 is 9.39 Å². The molecule has 1 atom stereocenters. The lowest BCUT2D eigenvalue weighted by Gasteiger charge is -2.39. The standard InChI is InChI=1S/C23H25Cl3N4O/c1-2-30(12-4-3-5-13-30)28-23(31)20-15-22(16-6-8-17(24)9-7-16)29(27-20)21-11-10-18(25)14-19(21)26/h6-11,14,22H,2-5,12-13,15H2,1H3/p+1/t22-/m0/s1. The summed E-state index contributed by atoms with van der Waals surface area (Å²) in [6, 6.07) is 12.8. The average Bonchev–Trinajstić information content (AvgIpc) is 3.20. The van der Waals surface area contributed by atoms with Crippen LogP contribution in [0.2, 0.25) is 15.1 Å². The van der Waals surface area contributed by atoms with Crippen LogP contribution in [0, 0.1) is 0 Å². The summed E-state index contributed by atoms with van der Waals surface area (Å²) in [5.41, 5.74) is 5.50. The number of anilines is 1. The molecule has 2 aliphatic rings. The van der Waals surface area contributed by atoms with E-state index in [9.17, 15) is 4.79 Å². The summed E-state index contributed by atoms with van der Waals surface area (Å²) < 4.78 is 0.616. The Hall–Kier alpha value is -1.79. The maximum absolute atomic E-state index is 13.3. The molecule has 164 valence electrons. The fourth-order valence-electron chi connectivity index (χ4n) is 4.39. The normalized spacial score (nSPS) is 20.5. The summed E-state index contributed by atoms with van der Waals surface area (Å²) in [6.45, 7) is 4.91. The molecule has 2 heterocycles. The molecule has 0 aliphatic carbocycles. The second kappa shape index (κ2) is 9.37. The van der Waals surface area contributed by atoms with Crippen LogP contribution in [0.1, 0.15) is 44.2 Å². The highest BCUT2D eigenvalue weighted by molar-refractivity contribution is 6.40. The van der Waals surface area contributed by atoms with E-state index < -0.39 is 0 Å². The van der Waals surface area contributed by atoms with Crippen molar-refractivity contribution in [1.82, 2.24) is 5.43 Å². The lowest BCUT2D eigenvalue weighted by molar-refractivity contribution is -0.963. The Balaban J connectivity index is 1.65. The Morgan fingerprint density at radius 2 is 1.74 bits per heavy atom. The van der Waals surface area contributed by atoms with Gasteiger partial charge in [-0.1, -0.05) is 46.9 Å². The molecule has 2 aromatic rings. The number of hydrogen-bond acceptors (Lipinski definition) is 3. The molecule has 31 heavy (non-hydrogen) atoms. The minimum atomic E-state index is -0.159. The lowest BCUT2D eigenvalue weighted by atomic mass is 10.0. The van der Waals surface area contributed by atoms with Crippen molar-refractivity contribution in [2.24, 2.45) is 5.10 Å². The molecule has 0 spiro atoms. The van der Waals surface area contributed by atoms with E-state index in [-0.39, 0.29) is 11.9 Å². The zero-order valence-electron chi connectivity index (χ0n) is 17.5. The Bertz CT molecular complexity index is 987. The van der Waals surface area contributed by atoms with Crippen molar-refractivity contribution in [2.45, 2.75) is 38.6 Å². The number of nitrogens with one attached hydrogen (secondary N) is 1. The van der Waals surface area contributed by atoms with Crippen molar-refractivity contribution in [1.29, 1.82) is 0 Å². The minimum absolute atomic E-state index is 0.115. The number of carbonyl (C=O) groups excluding carboxylic acids is 1. The third-order valence-electron chi connectivity index (χ3n) is 6.20. The van der Waals surface area contributed by atoms with Gasteiger partial charge in [-0.25, -0.2) is 4.59 Å². The largest absolute Gasteiger partial charge is 0.312 e. The summed E-state index contributed by atoms with van der Waals surface area (Å²) >= 11 is 18.7. The molecular formula is C23H26Cl3N4O+. The Morgan fingerprint density at radius 3 is 2.39 bits per heavy atom. The van der Waals surface area contributed by atoms with Gasteiger partial charge in [-0.15, -0.1) is 0 Å². The quantitative estimate of drug-likeness (QED) is 0.533. The van der Waals surface area contributed by atoms with Crippen molar-refractivity contribution in [3.8, 4) is 0 Å². The number of benzene rings is 2. The van der Waals surface area contributed by atoms with Gasteiger partial charge in [0.15, 0.2) is 0 Å². The molecule has 2 aromatic carbocycles. The molecular weight excluding hydrogens is 455 g/mol. The first kappa shape index (κ1) is 22.4. The van der Waals surface area contributed by atoms with Crippen LogP contribution in [-0.4, -0.2) is 35.8 Å². The van der Waals surface area contributed by atoms with E-state index in [0.29, 0.717) is 37.5 Å². The molecule has 2 aliphatic heterocycles. The van der Waals surface area contributed by atoms with E-state index >= 15 is 0 Å². The van der Waals surface area contributed by atoms with Gasteiger partial charge in [-0.2, -0.15) is 10.5 Å². The van der Waals surface area contributed by atoms with Crippen LogP contribution in [0.15, 0.2) is 47.6 Å². The third kappa shape index (κ3) is 4.85. The summed E-state index contributed by atoms with van der Waals surface area (Å²) in [6.07, 6.45) is 3.95. The number of hydrogen-bond donors (Lipinski definition) is 1. The number of halogens is 3. The highest BCUT2D eigenvalue weighted by Crippen LogP contribution is 2.40. The fourth-order valence-corrected chi connectivity index (χ4v) is 5.01. The summed E-state index contributed by atoms with van der Waals surface area (Å²) in [5, 5.41) is 8.26. The topological polar surface area (TPSA) is 44.7 Å². The molecule has 5 nitrogen and oxygen atoms in total. The zero-order valence-corrected chi connectivity index (χ0v) is 19.7. The first-order valence-corrected chi connectivity index (χ1v) is 11.8.